The molecule has 1 aliphatic rings. The Balaban J connectivity index is 1.97. The molecule has 4 nitrogen and oxygen atoms in total. The Bertz CT molecular complexity index is 697. The Labute approximate surface area is 116 Å². The van der Waals surface area contributed by atoms with Crippen molar-refractivity contribution >= 4 is 33.1 Å². The van der Waals surface area contributed by atoms with E-state index in [1.165, 1.54) is 16.0 Å². The van der Waals surface area contributed by atoms with Gasteiger partial charge in [-0.1, -0.05) is 5.57 Å². The minimum atomic E-state index is 0.803. The fourth-order valence-electron chi connectivity index (χ4n) is 2.23. The van der Waals surface area contributed by atoms with Gasteiger partial charge in [-0.2, -0.15) is 5.10 Å². The second kappa shape index (κ2) is 4.74. The Hall–Kier alpha value is -1.75. The smallest absolute Gasteiger partial charge is 0.158 e. The summed E-state index contributed by atoms with van der Waals surface area (Å²) in [6, 6.07) is 0. The zero-order valence-corrected chi connectivity index (χ0v) is 12.1. The van der Waals surface area contributed by atoms with Gasteiger partial charge in [-0.05, 0) is 45.3 Å². The molecule has 0 unspecified atom stereocenters. The number of aromatic nitrogens is 2. The lowest BCUT2D eigenvalue weighted by Gasteiger charge is -2.02. The number of rotatable bonds is 2. The molecule has 0 saturated heterocycles. The number of allylic oxidation sites excluding steroid dienone is 2. The van der Waals surface area contributed by atoms with E-state index in [2.05, 4.69) is 47.3 Å². The highest BCUT2D eigenvalue weighted by molar-refractivity contribution is 7.18. The molecule has 1 N–H and O–H groups in total. The number of fused-ring (bicyclic) bond motifs is 1. The molecule has 5 heteroatoms. The largest absolute Gasteiger partial charge is 0.260 e. The van der Waals surface area contributed by atoms with Crippen LogP contribution in [0.1, 0.15) is 30.2 Å². The van der Waals surface area contributed by atoms with E-state index < -0.39 is 0 Å². The molecule has 98 valence electrons. The summed E-state index contributed by atoms with van der Waals surface area (Å²) in [6.45, 7) is 6.35. The van der Waals surface area contributed by atoms with Gasteiger partial charge >= 0.3 is 0 Å². The number of hydrogen-bond acceptors (Lipinski definition) is 5. The van der Waals surface area contributed by atoms with E-state index >= 15 is 0 Å². The lowest BCUT2D eigenvalue weighted by atomic mass is 10.2. The number of anilines is 1. The molecule has 0 fully saturated rings. The zero-order valence-electron chi connectivity index (χ0n) is 11.3. The molecule has 0 amide bonds. The molecule has 0 atom stereocenters. The highest BCUT2D eigenvalue weighted by Gasteiger charge is 2.12. The number of thiophene rings is 1. The molecular weight excluding hydrogens is 256 g/mol. The number of aryl methyl sites for hydroxylation is 2. The van der Waals surface area contributed by atoms with Crippen LogP contribution in [0.5, 0.6) is 0 Å². The van der Waals surface area contributed by atoms with Crippen molar-refractivity contribution < 1.29 is 0 Å². The summed E-state index contributed by atoms with van der Waals surface area (Å²) in [5.74, 6) is 0.803. The van der Waals surface area contributed by atoms with Gasteiger partial charge in [-0.15, -0.1) is 11.3 Å². The third-order valence-electron chi connectivity index (χ3n) is 3.46. The number of hydrogen-bond donors (Lipinski definition) is 1. The van der Waals surface area contributed by atoms with Gasteiger partial charge in [-0.25, -0.2) is 9.97 Å². The first-order valence-corrected chi connectivity index (χ1v) is 7.17. The maximum atomic E-state index is 4.45. The summed E-state index contributed by atoms with van der Waals surface area (Å²) in [4.78, 5) is 10.9. The third-order valence-corrected chi connectivity index (χ3v) is 4.57. The standard InChI is InChI=1S/C14H16N4S/c1-8-4-5-11(6-8)17-18-13-12-9(2)10(3)19-14(12)16-7-15-13/h6-7H,4-5H2,1-3H3,(H,15,16,18)/b17-11-. The van der Waals surface area contributed by atoms with Crippen LogP contribution in [0.2, 0.25) is 0 Å². The van der Waals surface area contributed by atoms with Gasteiger partial charge in [0, 0.05) is 4.88 Å². The highest BCUT2D eigenvalue weighted by Crippen LogP contribution is 2.32. The van der Waals surface area contributed by atoms with Crippen molar-refractivity contribution in [2.45, 2.75) is 33.6 Å². The van der Waals surface area contributed by atoms with Gasteiger partial charge in [-0.3, -0.25) is 5.43 Å². The molecule has 1 aliphatic carbocycles. The molecule has 0 spiro atoms. The van der Waals surface area contributed by atoms with Crippen molar-refractivity contribution in [2.75, 3.05) is 5.43 Å². The fourth-order valence-corrected chi connectivity index (χ4v) is 3.23. The average Bonchev–Trinajstić information content (AvgIpc) is 2.93. The van der Waals surface area contributed by atoms with Crippen LogP contribution in [-0.2, 0) is 0 Å². The van der Waals surface area contributed by atoms with Gasteiger partial charge in [0.2, 0.25) is 0 Å². The summed E-state index contributed by atoms with van der Waals surface area (Å²) in [6.07, 6.45) is 5.85. The molecule has 0 saturated carbocycles. The lowest BCUT2D eigenvalue weighted by molar-refractivity contribution is 1.05. The van der Waals surface area contributed by atoms with Crippen LogP contribution >= 0.6 is 11.3 Å². The van der Waals surface area contributed by atoms with Crippen LogP contribution in [0.4, 0.5) is 5.82 Å². The topological polar surface area (TPSA) is 50.2 Å². The monoisotopic (exact) mass is 272 g/mol. The van der Waals surface area contributed by atoms with Crippen LogP contribution in [0.15, 0.2) is 23.1 Å². The van der Waals surface area contributed by atoms with Gasteiger partial charge < -0.3 is 0 Å². The second-order valence-electron chi connectivity index (χ2n) is 4.89. The predicted octanol–water partition coefficient (Wildman–Crippen LogP) is 3.82. The van der Waals surface area contributed by atoms with Gasteiger partial charge in [0.1, 0.15) is 11.2 Å². The normalized spacial score (nSPS) is 17.2. The van der Waals surface area contributed by atoms with Crippen molar-refractivity contribution in [3.05, 3.63) is 28.4 Å². The van der Waals surface area contributed by atoms with E-state index in [0.717, 1.165) is 34.6 Å². The van der Waals surface area contributed by atoms with E-state index in [0.29, 0.717) is 0 Å². The molecular formula is C14H16N4S. The van der Waals surface area contributed by atoms with Crippen molar-refractivity contribution in [2.24, 2.45) is 5.10 Å². The molecule has 0 bridgehead atoms. The Morgan fingerprint density at radius 1 is 1.21 bits per heavy atom. The first-order chi connectivity index (χ1) is 9.15. The predicted molar refractivity (Wildman–Crippen MR) is 80.9 cm³/mol. The Morgan fingerprint density at radius 2 is 2.05 bits per heavy atom. The number of hydrazone groups is 1. The fraction of sp³-hybridized carbons (Fsp3) is 0.357. The molecule has 2 aromatic heterocycles. The number of nitrogens with zero attached hydrogens (tertiary/aromatic N) is 3. The van der Waals surface area contributed by atoms with Gasteiger partial charge in [0.25, 0.3) is 0 Å². The molecule has 0 aliphatic heterocycles. The summed E-state index contributed by atoms with van der Waals surface area (Å²) in [5.41, 5.74) is 6.82. The van der Waals surface area contributed by atoms with Crippen LogP contribution in [-0.4, -0.2) is 15.7 Å². The summed E-state index contributed by atoms with van der Waals surface area (Å²) in [7, 11) is 0. The van der Waals surface area contributed by atoms with E-state index in [1.54, 1.807) is 17.7 Å². The quantitative estimate of drug-likeness (QED) is 0.846. The SMILES string of the molecule is CC1=C/C(=N\Nc2ncnc3sc(C)c(C)c23)CC1. The van der Waals surface area contributed by atoms with Gasteiger partial charge in [0.15, 0.2) is 5.82 Å². The molecule has 0 radical (unpaired) electrons. The molecule has 0 aromatic carbocycles. The first-order valence-electron chi connectivity index (χ1n) is 6.35. The summed E-state index contributed by atoms with van der Waals surface area (Å²) >= 11 is 1.70. The van der Waals surface area contributed by atoms with E-state index in [4.69, 9.17) is 0 Å². The van der Waals surface area contributed by atoms with Crippen molar-refractivity contribution in [1.82, 2.24) is 9.97 Å². The third kappa shape index (κ3) is 2.26. The summed E-state index contributed by atoms with van der Waals surface area (Å²) < 4.78 is 0. The molecule has 2 aromatic rings. The zero-order chi connectivity index (χ0) is 13.4. The molecule has 19 heavy (non-hydrogen) atoms. The maximum Gasteiger partial charge on any atom is 0.158 e. The van der Waals surface area contributed by atoms with Crippen molar-refractivity contribution in [3.63, 3.8) is 0 Å². The highest BCUT2D eigenvalue weighted by atomic mass is 32.1. The Morgan fingerprint density at radius 3 is 2.79 bits per heavy atom. The lowest BCUT2D eigenvalue weighted by Crippen LogP contribution is -1.98. The van der Waals surface area contributed by atoms with Gasteiger partial charge in [0.05, 0.1) is 11.1 Å². The minimum absolute atomic E-state index is 0.803. The maximum absolute atomic E-state index is 4.45. The minimum Gasteiger partial charge on any atom is -0.260 e. The van der Waals surface area contributed by atoms with E-state index in [-0.39, 0.29) is 0 Å². The second-order valence-corrected chi connectivity index (χ2v) is 6.09. The van der Waals surface area contributed by atoms with Crippen LogP contribution < -0.4 is 5.43 Å². The van der Waals surface area contributed by atoms with Crippen LogP contribution in [0.25, 0.3) is 10.2 Å². The van der Waals surface area contributed by atoms with Crippen LogP contribution in [0, 0.1) is 13.8 Å². The van der Waals surface area contributed by atoms with Crippen LogP contribution in [0.3, 0.4) is 0 Å². The molecule has 2 heterocycles. The Kier molecular flexibility index (Phi) is 3.06. The average molecular weight is 272 g/mol. The van der Waals surface area contributed by atoms with Crippen molar-refractivity contribution in [3.8, 4) is 0 Å². The van der Waals surface area contributed by atoms with Crippen molar-refractivity contribution in [1.29, 1.82) is 0 Å². The van der Waals surface area contributed by atoms with E-state index in [1.807, 2.05) is 0 Å². The molecule has 3 rings (SSSR count). The first kappa shape index (κ1) is 12.3. The summed E-state index contributed by atoms with van der Waals surface area (Å²) in [5, 5.41) is 5.54. The van der Waals surface area contributed by atoms with E-state index in [9.17, 15) is 0 Å². The number of nitrogens with one attached hydrogen (secondary N) is 1.